The molecular formula is C13H23N. The first-order valence-electron chi connectivity index (χ1n) is 5.26. The van der Waals surface area contributed by atoms with E-state index in [2.05, 4.69) is 52.3 Å². The van der Waals surface area contributed by atoms with Crippen molar-refractivity contribution in [2.75, 3.05) is 7.05 Å². The maximum absolute atomic E-state index is 3.68. The lowest BCUT2D eigenvalue weighted by Gasteiger charge is -2.26. The van der Waals surface area contributed by atoms with Gasteiger partial charge in [-0.1, -0.05) is 31.7 Å². The zero-order chi connectivity index (χ0) is 11.1. The van der Waals surface area contributed by atoms with Crippen LogP contribution in [-0.2, 0) is 0 Å². The second kappa shape index (κ2) is 6.47. The van der Waals surface area contributed by atoms with Crippen LogP contribution in [0.2, 0.25) is 0 Å². The van der Waals surface area contributed by atoms with Crippen LogP contribution in [0.1, 0.15) is 34.1 Å². The quantitative estimate of drug-likeness (QED) is 0.601. The van der Waals surface area contributed by atoms with Gasteiger partial charge in [0.25, 0.3) is 0 Å². The molecule has 1 nitrogen and oxygen atoms in total. The number of hydrogen-bond donors (Lipinski definition) is 0. The first-order valence-corrected chi connectivity index (χ1v) is 5.26. The Labute approximate surface area is 88.8 Å². The van der Waals surface area contributed by atoms with E-state index in [-0.39, 0.29) is 0 Å². The van der Waals surface area contributed by atoms with Crippen molar-refractivity contribution in [2.24, 2.45) is 0 Å². The summed E-state index contributed by atoms with van der Waals surface area (Å²) in [7, 11) is 2.14. The summed E-state index contributed by atoms with van der Waals surface area (Å²) < 4.78 is 0. The van der Waals surface area contributed by atoms with Crippen molar-refractivity contribution in [1.82, 2.24) is 4.90 Å². The molecular weight excluding hydrogens is 170 g/mol. The fourth-order valence-corrected chi connectivity index (χ4v) is 1.29. The molecule has 0 aromatic rings. The third kappa shape index (κ3) is 3.82. The van der Waals surface area contributed by atoms with Gasteiger partial charge < -0.3 is 4.90 Å². The number of rotatable bonds is 5. The minimum Gasteiger partial charge on any atom is -0.375 e. The summed E-state index contributed by atoms with van der Waals surface area (Å²) in [6.07, 6.45) is 7.02. The Kier molecular flexibility index (Phi) is 6.02. The Bertz CT molecular complexity index is 234. The molecule has 0 unspecified atom stereocenters. The van der Waals surface area contributed by atoms with Crippen LogP contribution in [0, 0.1) is 0 Å². The van der Waals surface area contributed by atoms with Crippen LogP contribution in [0.3, 0.4) is 0 Å². The molecule has 80 valence electrons. The summed E-state index contributed by atoms with van der Waals surface area (Å²) in [5.74, 6) is 0. The first-order chi connectivity index (χ1) is 6.54. The van der Waals surface area contributed by atoms with Crippen LogP contribution in [0.5, 0.6) is 0 Å². The van der Waals surface area contributed by atoms with Crippen molar-refractivity contribution < 1.29 is 0 Å². The van der Waals surface area contributed by atoms with Gasteiger partial charge in [0.2, 0.25) is 0 Å². The smallest absolute Gasteiger partial charge is 0.0227 e. The number of nitrogens with zero attached hydrogens (tertiary/aromatic N) is 1. The Morgan fingerprint density at radius 2 is 2.00 bits per heavy atom. The van der Waals surface area contributed by atoms with Gasteiger partial charge in [0.15, 0.2) is 0 Å². The largest absolute Gasteiger partial charge is 0.375 e. The van der Waals surface area contributed by atoms with Crippen molar-refractivity contribution in [2.45, 2.75) is 40.2 Å². The fourth-order valence-electron chi connectivity index (χ4n) is 1.29. The molecule has 0 atom stereocenters. The minimum atomic E-state index is 0.550. The summed E-state index contributed by atoms with van der Waals surface area (Å²) in [6, 6.07) is 0.550. The molecule has 0 aliphatic carbocycles. The van der Waals surface area contributed by atoms with Crippen LogP contribution in [0.4, 0.5) is 0 Å². The highest BCUT2D eigenvalue weighted by Crippen LogP contribution is 2.15. The van der Waals surface area contributed by atoms with Gasteiger partial charge in [-0.3, -0.25) is 0 Å². The summed E-state index contributed by atoms with van der Waals surface area (Å²) in [5.41, 5.74) is 2.72. The van der Waals surface area contributed by atoms with Crippen molar-refractivity contribution in [3.05, 3.63) is 36.1 Å². The molecule has 0 aromatic heterocycles. The highest BCUT2D eigenvalue weighted by Gasteiger charge is 2.06. The van der Waals surface area contributed by atoms with Crippen LogP contribution >= 0.6 is 0 Å². The maximum Gasteiger partial charge on any atom is 0.0227 e. The molecule has 0 amide bonds. The normalized spacial score (nSPS) is 13.3. The molecule has 0 saturated carbocycles. The SMILES string of the molecule is C=C/C=C\C(CC)=C(/C)N(C)C(C)C. The average Bonchev–Trinajstić information content (AvgIpc) is 2.17. The first kappa shape index (κ1) is 13.0. The lowest BCUT2D eigenvalue weighted by atomic mass is 10.1. The molecule has 0 bridgehead atoms. The molecule has 0 aliphatic rings. The molecule has 0 rings (SSSR count). The summed E-state index contributed by atoms with van der Waals surface area (Å²) >= 11 is 0. The van der Waals surface area contributed by atoms with Gasteiger partial charge in [0, 0.05) is 18.8 Å². The third-order valence-electron chi connectivity index (χ3n) is 2.58. The van der Waals surface area contributed by atoms with E-state index in [1.165, 1.54) is 11.3 Å². The van der Waals surface area contributed by atoms with Crippen molar-refractivity contribution in [3.63, 3.8) is 0 Å². The van der Waals surface area contributed by atoms with Crippen molar-refractivity contribution >= 4 is 0 Å². The fraction of sp³-hybridized carbons (Fsp3) is 0.538. The van der Waals surface area contributed by atoms with E-state index in [1.54, 1.807) is 0 Å². The lowest BCUT2D eigenvalue weighted by molar-refractivity contribution is 0.341. The van der Waals surface area contributed by atoms with E-state index in [0.717, 1.165) is 6.42 Å². The topological polar surface area (TPSA) is 3.24 Å². The molecule has 0 radical (unpaired) electrons. The molecule has 0 saturated heterocycles. The second-order valence-electron chi connectivity index (χ2n) is 3.76. The van der Waals surface area contributed by atoms with Crippen LogP contribution in [0.15, 0.2) is 36.1 Å². The van der Waals surface area contributed by atoms with E-state index in [1.807, 2.05) is 12.2 Å². The molecule has 0 aromatic carbocycles. The average molecular weight is 193 g/mol. The van der Waals surface area contributed by atoms with Crippen molar-refractivity contribution in [3.8, 4) is 0 Å². The summed E-state index contributed by atoms with van der Waals surface area (Å²) in [5, 5.41) is 0. The standard InChI is InChI=1S/C13H23N/c1-7-9-10-13(8-2)12(5)14(6)11(3)4/h7,9-11H,1,8H2,2-6H3/b10-9-,13-12+. The molecule has 0 fully saturated rings. The number of hydrogen-bond acceptors (Lipinski definition) is 1. The Morgan fingerprint density at radius 3 is 2.36 bits per heavy atom. The van der Waals surface area contributed by atoms with E-state index in [4.69, 9.17) is 0 Å². The van der Waals surface area contributed by atoms with Crippen molar-refractivity contribution in [1.29, 1.82) is 0 Å². The minimum absolute atomic E-state index is 0.550. The van der Waals surface area contributed by atoms with E-state index in [0.29, 0.717) is 6.04 Å². The second-order valence-corrected chi connectivity index (χ2v) is 3.76. The molecule has 14 heavy (non-hydrogen) atoms. The van der Waals surface area contributed by atoms with Gasteiger partial charge in [-0.2, -0.15) is 0 Å². The Morgan fingerprint density at radius 1 is 1.43 bits per heavy atom. The number of allylic oxidation sites excluding steroid dienone is 5. The van der Waals surface area contributed by atoms with Crippen LogP contribution < -0.4 is 0 Å². The molecule has 0 N–H and O–H groups in total. The highest BCUT2D eigenvalue weighted by molar-refractivity contribution is 5.25. The molecule has 1 heteroatoms. The summed E-state index contributed by atoms with van der Waals surface area (Å²) in [4.78, 5) is 2.30. The van der Waals surface area contributed by atoms with Crippen LogP contribution in [-0.4, -0.2) is 18.0 Å². The zero-order valence-corrected chi connectivity index (χ0v) is 10.2. The van der Waals surface area contributed by atoms with Crippen LogP contribution in [0.25, 0.3) is 0 Å². The maximum atomic E-state index is 3.68. The van der Waals surface area contributed by atoms with Gasteiger partial charge in [-0.15, -0.1) is 0 Å². The van der Waals surface area contributed by atoms with Gasteiger partial charge in [0.1, 0.15) is 0 Å². The van der Waals surface area contributed by atoms with E-state index < -0.39 is 0 Å². The zero-order valence-electron chi connectivity index (χ0n) is 10.2. The Balaban J connectivity index is 4.81. The van der Waals surface area contributed by atoms with E-state index >= 15 is 0 Å². The molecule has 0 spiro atoms. The third-order valence-corrected chi connectivity index (χ3v) is 2.58. The van der Waals surface area contributed by atoms with Gasteiger partial charge in [-0.25, -0.2) is 0 Å². The monoisotopic (exact) mass is 193 g/mol. The molecule has 0 heterocycles. The predicted octanol–water partition coefficient (Wildman–Crippen LogP) is 3.75. The predicted molar refractivity (Wildman–Crippen MR) is 65.2 cm³/mol. The van der Waals surface area contributed by atoms with E-state index in [9.17, 15) is 0 Å². The molecule has 0 aliphatic heterocycles. The Hall–Kier alpha value is -0.980. The lowest BCUT2D eigenvalue weighted by Crippen LogP contribution is -2.25. The van der Waals surface area contributed by atoms with Gasteiger partial charge in [-0.05, 0) is 32.8 Å². The van der Waals surface area contributed by atoms with Gasteiger partial charge >= 0.3 is 0 Å². The highest BCUT2D eigenvalue weighted by atomic mass is 15.1. The van der Waals surface area contributed by atoms with Gasteiger partial charge in [0.05, 0.1) is 0 Å². The summed E-state index contributed by atoms with van der Waals surface area (Å²) in [6.45, 7) is 12.4.